The number of anilines is 1. The van der Waals surface area contributed by atoms with E-state index in [-0.39, 0.29) is 28.9 Å². The van der Waals surface area contributed by atoms with Crippen molar-refractivity contribution in [2.45, 2.75) is 30.6 Å². The number of benzene rings is 1. The summed E-state index contributed by atoms with van der Waals surface area (Å²) in [5, 5.41) is 2.66. The van der Waals surface area contributed by atoms with E-state index in [2.05, 4.69) is 10.3 Å². The molecule has 1 atom stereocenters. The van der Waals surface area contributed by atoms with Gasteiger partial charge in [0.05, 0.1) is 5.92 Å². The molecular weight excluding hydrogens is 423 g/mol. The van der Waals surface area contributed by atoms with Gasteiger partial charge in [-0.25, -0.2) is 12.8 Å². The third-order valence-corrected chi connectivity index (χ3v) is 7.61. The number of likely N-dealkylation sites (tertiary alicyclic amines) is 1. The Balaban J connectivity index is 1.44. The van der Waals surface area contributed by atoms with Crippen molar-refractivity contribution >= 4 is 27.5 Å². The fourth-order valence-corrected chi connectivity index (χ4v) is 5.59. The fraction of sp³-hybridized carbons (Fsp3) is 0.429. The van der Waals surface area contributed by atoms with Crippen LogP contribution in [0.15, 0.2) is 41.4 Å². The molecule has 0 bridgehead atoms. The maximum atomic E-state index is 13.4. The Morgan fingerprint density at radius 1 is 1.10 bits per heavy atom. The number of amides is 2. The van der Waals surface area contributed by atoms with Gasteiger partial charge in [-0.3, -0.25) is 9.59 Å². The van der Waals surface area contributed by atoms with Gasteiger partial charge in [-0.1, -0.05) is 6.07 Å². The second-order valence-electron chi connectivity index (χ2n) is 7.95. The molecule has 2 saturated heterocycles. The molecule has 2 amide bonds. The predicted molar refractivity (Wildman–Crippen MR) is 112 cm³/mol. The SMILES string of the molecule is O=C(Nc1cccc(F)c1)[C@@H]1CCCN(S(=O)(=O)c2c[nH]c(C(=O)N3CCCC3)c2)C1. The number of nitrogens with one attached hydrogen (secondary N) is 2. The Kier molecular flexibility index (Phi) is 6.10. The summed E-state index contributed by atoms with van der Waals surface area (Å²) in [6.45, 7) is 1.68. The molecule has 2 N–H and O–H groups in total. The number of H-pyrrole nitrogens is 1. The Labute approximate surface area is 180 Å². The molecule has 1 aromatic carbocycles. The van der Waals surface area contributed by atoms with Crippen LogP contribution in [0, 0.1) is 11.7 Å². The van der Waals surface area contributed by atoms with E-state index in [9.17, 15) is 22.4 Å². The average Bonchev–Trinajstić information content (AvgIpc) is 3.46. The number of piperidine rings is 1. The van der Waals surface area contributed by atoms with Crippen molar-refractivity contribution < 1.29 is 22.4 Å². The topological polar surface area (TPSA) is 103 Å². The molecule has 166 valence electrons. The van der Waals surface area contributed by atoms with Crippen LogP contribution in [-0.4, -0.2) is 60.6 Å². The van der Waals surface area contributed by atoms with E-state index in [1.54, 1.807) is 11.0 Å². The lowest BCUT2D eigenvalue weighted by Gasteiger charge is -2.30. The summed E-state index contributed by atoms with van der Waals surface area (Å²) < 4.78 is 40.9. The van der Waals surface area contributed by atoms with Crippen molar-refractivity contribution in [1.82, 2.24) is 14.2 Å². The third-order valence-electron chi connectivity index (χ3n) is 5.77. The van der Waals surface area contributed by atoms with Crippen molar-refractivity contribution in [3.8, 4) is 0 Å². The molecule has 2 aromatic rings. The summed E-state index contributed by atoms with van der Waals surface area (Å²) in [5.74, 6) is -1.55. The van der Waals surface area contributed by atoms with Gasteiger partial charge >= 0.3 is 0 Å². The molecule has 0 unspecified atom stereocenters. The summed E-state index contributed by atoms with van der Waals surface area (Å²) in [7, 11) is -3.85. The summed E-state index contributed by atoms with van der Waals surface area (Å²) in [6.07, 6.45) is 4.30. The molecule has 2 fully saturated rings. The van der Waals surface area contributed by atoms with Crippen LogP contribution in [0.25, 0.3) is 0 Å². The number of hydrogen-bond donors (Lipinski definition) is 2. The van der Waals surface area contributed by atoms with E-state index in [1.165, 1.54) is 34.8 Å². The number of aromatic nitrogens is 1. The molecule has 10 heteroatoms. The van der Waals surface area contributed by atoms with Crippen LogP contribution in [0.1, 0.15) is 36.2 Å². The van der Waals surface area contributed by atoms with Gasteiger partial charge < -0.3 is 15.2 Å². The van der Waals surface area contributed by atoms with Crippen LogP contribution in [-0.2, 0) is 14.8 Å². The highest BCUT2D eigenvalue weighted by molar-refractivity contribution is 7.89. The average molecular weight is 449 g/mol. The number of hydrogen-bond acceptors (Lipinski definition) is 4. The van der Waals surface area contributed by atoms with Gasteiger partial charge in [0.25, 0.3) is 5.91 Å². The molecule has 2 aliphatic heterocycles. The fourth-order valence-electron chi connectivity index (χ4n) is 4.07. The van der Waals surface area contributed by atoms with Crippen LogP contribution in [0.2, 0.25) is 0 Å². The predicted octanol–water partition coefficient (Wildman–Crippen LogP) is 2.43. The zero-order valence-corrected chi connectivity index (χ0v) is 17.8. The number of carbonyl (C=O) groups excluding carboxylic acids is 2. The zero-order valence-electron chi connectivity index (χ0n) is 17.0. The van der Waals surface area contributed by atoms with Crippen molar-refractivity contribution in [2.75, 3.05) is 31.5 Å². The number of aromatic amines is 1. The zero-order chi connectivity index (χ0) is 22.0. The van der Waals surface area contributed by atoms with E-state index < -0.39 is 21.8 Å². The Morgan fingerprint density at radius 2 is 1.87 bits per heavy atom. The van der Waals surface area contributed by atoms with E-state index in [0.717, 1.165) is 12.8 Å². The minimum absolute atomic E-state index is 0.0150. The van der Waals surface area contributed by atoms with Crippen LogP contribution in [0.5, 0.6) is 0 Å². The molecule has 1 aromatic heterocycles. The Hall–Kier alpha value is -2.72. The van der Waals surface area contributed by atoms with Crippen molar-refractivity contribution in [2.24, 2.45) is 5.92 Å². The lowest BCUT2D eigenvalue weighted by Crippen LogP contribution is -2.43. The van der Waals surface area contributed by atoms with Gasteiger partial charge in [-0.05, 0) is 49.9 Å². The Morgan fingerprint density at radius 3 is 2.61 bits per heavy atom. The summed E-state index contributed by atoms with van der Waals surface area (Å²) in [5.41, 5.74) is 0.582. The highest BCUT2D eigenvalue weighted by atomic mass is 32.2. The monoisotopic (exact) mass is 448 g/mol. The number of rotatable bonds is 5. The quantitative estimate of drug-likeness (QED) is 0.733. The largest absolute Gasteiger partial charge is 0.356 e. The number of sulfonamides is 1. The molecule has 8 nitrogen and oxygen atoms in total. The number of halogens is 1. The second kappa shape index (κ2) is 8.80. The number of nitrogens with zero attached hydrogens (tertiary/aromatic N) is 2. The molecule has 2 aliphatic rings. The van der Waals surface area contributed by atoms with E-state index in [0.29, 0.717) is 38.2 Å². The lowest BCUT2D eigenvalue weighted by atomic mass is 9.99. The Bertz CT molecular complexity index is 1080. The van der Waals surface area contributed by atoms with Gasteiger partial charge in [-0.15, -0.1) is 0 Å². The lowest BCUT2D eigenvalue weighted by molar-refractivity contribution is -0.120. The van der Waals surface area contributed by atoms with Crippen LogP contribution < -0.4 is 5.32 Å². The molecule has 0 radical (unpaired) electrons. The van der Waals surface area contributed by atoms with E-state index in [4.69, 9.17) is 0 Å². The van der Waals surface area contributed by atoms with Crippen molar-refractivity contribution in [3.63, 3.8) is 0 Å². The summed E-state index contributed by atoms with van der Waals surface area (Å²) in [6, 6.07) is 6.94. The first-order valence-corrected chi connectivity index (χ1v) is 11.8. The van der Waals surface area contributed by atoms with Crippen LogP contribution >= 0.6 is 0 Å². The van der Waals surface area contributed by atoms with Crippen LogP contribution in [0.3, 0.4) is 0 Å². The van der Waals surface area contributed by atoms with Gasteiger partial charge in [0.1, 0.15) is 16.4 Å². The van der Waals surface area contributed by atoms with Crippen molar-refractivity contribution in [1.29, 1.82) is 0 Å². The molecule has 4 rings (SSSR count). The molecule has 0 spiro atoms. The van der Waals surface area contributed by atoms with Crippen molar-refractivity contribution in [3.05, 3.63) is 48.0 Å². The van der Waals surface area contributed by atoms with E-state index in [1.807, 2.05) is 0 Å². The van der Waals surface area contributed by atoms with Gasteiger partial charge in [0, 0.05) is 38.1 Å². The van der Waals surface area contributed by atoms with Gasteiger partial charge in [-0.2, -0.15) is 4.31 Å². The molecule has 31 heavy (non-hydrogen) atoms. The maximum absolute atomic E-state index is 13.4. The van der Waals surface area contributed by atoms with Gasteiger partial charge in [0.15, 0.2) is 0 Å². The molecular formula is C21H25FN4O4S. The highest BCUT2D eigenvalue weighted by Crippen LogP contribution is 2.26. The van der Waals surface area contributed by atoms with Crippen LogP contribution in [0.4, 0.5) is 10.1 Å². The minimum Gasteiger partial charge on any atom is -0.356 e. The standard InChI is InChI=1S/C21H25FN4O4S/c22-16-6-3-7-17(11-16)24-20(27)15-5-4-10-26(14-15)31(29,30)18-12-19(23-13-18)21(28)25-8-1-2-9-25/h3,6-7,11-13,15,23H,1-2,4-5,8-10,14H2,(H,24,27)/t15-/m1/s1. The van der Waals surface area contributed by atoms with E-state index >= 15 is 0 Å². The molecule has 0 aliphatic carbocycles. The molecule has 3 heterocycles. The second-order valence-corrected chi connectivity index (χ2v) is 9.89. The summed E-state index contributed by atoms with van der Waals surface area (Å²) >= 11 is 0. The third kappa shape index (κ3) is 4.64. The first-order chi connectivity index (χ1) is 14.8. The molecule has 0 saturated carbocycles. The highest BCUT2D eigenvalue weighted by Gasteiger charge is 2.34. The first kappa shape index (κ1) is 21.5. The maximum Gasteiger partial charge on any atom is 0.270 e. The minimum atomic E-state index is -3.85. The first-order valence-electron chi connectivity index (χ1n) is 10.4. The summed E-state index contributed by atoms with van der Waals surface area (Å²) in [4.78, 5) is 29.6. The number of carbonyl (C=O) groups is 2. The van der Waals surface area contributed by atoms with Gasteiger partial charge in [0.2, 0.25) is 15.9 Å². The smallest absolute Gasteiger partial charge is 0.270 e. The normalized spacial score (nSPS) is 20.0.